The zero-order valence-electron chi connectivity index (χ0n) is 16.6. The first-order valence-electron chi connectivity index (χ1n) is 9.40. The zero-order chi connectivity index (χ0) is 19.9. The summed E-state index contributed by atoms with van der Waals surface area (Å²) in [5.41, 5.74) is 0.487. The van der Waals surface area contributed by atoms with Crippen LogP contribution in [-0.2, 0) is 0 Å². The number of methoxy groups -OCH3 is 3. The second kappa shape index (κ2) is 9.30. The first-order valence-corrected chi connectivity index (χ1v) is 9.40. The maximum absolute atomic E-state index is 12.6. The van der Waals surface area contributed by atoms with E-state index in [2.05, 4.69) is 15.2 Å². The number of benzene rings is 1. The van der Waals surface area contributed by atoms with Crippen LogP contribution in [0.2, 0.25) is 0 Å². The fraction of sp³-hybridized carbons (Fsp3) is 0.429. The molecule has 150 valence electrons. The number of aromatic nitrogens is 1. The summed E-state index contributed by atoms with van der Waals surface area (Å²) in [7, 11) is 4.61. The van der Waals surface area contributed by atoms with Crippen molar-refractivity contribution >= 4 is 11.7 Å². The number of amides is 1. The summed E-state index contributed by atoms with van der Waals surface area (Å²) in [5, 5.41) is 3.04. The van der Waals surface area contributed by atoms with Crippen LogP contribution in [0.25, 0.3) is 0 Å². The molecule has 1 aliphatic rings. The standard InChI is InChI=1S/C21H27N3O4/c1-26-17-12-16(13-18(27-2)20(17)28-3)21(25)23-14-15-7-10-24(11-8-15)19-6-4-5-9-22-19/h4-6,9,12-13,15H,7-8,10-11,14H2,1-3H3,(H,23,25). The molecule has 1 aromatic carbocycles. The molecule has 2 heterocycles. The van der Waals surface area contributed by atoms with Gasteiger partial charge < -0.3 is 24.4 Å². The van der Waals surface area contributed by atoms with Crippen LogP contribution in [0.1, 0.15) is 23.2 Å². The molecular weight excluding hydrogens is 358 g/mol. The van der Waals surface area contributed by atoms with Gasteiger partial charge in [-0.1, -0.05) is 6.07 Å². The predicted molar refractivity (Wildman–Crippen MR) is 108 cm³/mol. The molecule has 0 atom stereocenters. The van der Waals surface area contributed by atoms with Gasteiger partial charge in [-0.3, -0.25) is 4.79 Å². The van der Waals surface area contributed by atoms with Gasteiger partial charge >= 0.3 is 0 Å². The van der Waals surface area contributed by atoms with Gasteiger partial charge in [0, 0.05) is 31.4 Å². The Bertz CT molecular complexity index is 764. The summed E-state index contributed by atoms with van der Waals surface area (Å²) in [5.74, 6) is 2.73. The highest BCUT2D eigenvalue weighted by Gasteiger charge is 2.22. The molecule has 1 amide bonds. The molecule has 1 aliphatic heterocycles. The molecule has 0 radical (unpaired) electrons. The second-order valence-electron chi connectivity index (χ2n) is 6.74. The van der Waals surface area contributed by atoms with Crippen molar-refractivity contribution in [1.82, 2.24) is 10.3 Å². The lowest BCUT2D eigenvalue weighted by Gasteiger charge is -2.32. The predicted octanol–water partition coefficient (Wildman–Crippen LogP) is 2.75. The van der Waals surface area contributed by atoms with Crippen LogP contribution in [0.15, 0.2) is 36.5 Å². The Hall–Kier alpha value is -2.96. The van der Waals surface area contributed by atoms with E-state index in [0.29, 0.717) is 35.3 Å². The molecule has 1 N–H and O–H groups in total. The van der Waals surface area contributed by atoms with Gasteiger partial charge in [0.25, 0.3) is 5.91 Å². The Kier molecular flexibility index (Phi) is 6.57. The Morgan fingerprint density at radius 3 is 2.32 bits per heavy atom. The van der Waals surface area contributed by atoms with Crippen molar-refractivity contribution in [2.45, 2.75) is 12.8 Å². The van der Waals surface area contributed by atoms with Crippen molar-refractivity contribution in [3.8, 4) is 17.2 Å². The van der Waals surface area contributed by atoms with Crippen LogP contribution in [0, 0.1) is 5.92 Å². The maximum atomic E-state index is 12.6. The third-order valence-corrected chi connectivity index (χ3v) is 5.07. The van der Waals surface area contributed by atoms with Crippen molar-refractivity contribution in [2.75, 3.05) is 45.9 Å². The van der Waals surface area contributed by atoms with E-state index >= 15 is 0 Å². The summed E-state index contributed by atoms with van der Waals surface area (Å²) in [6, 6.07) is 9.30. The topological polar surface area (TPSA) is 72.9 Å². The Balaban J connectivity index is 1.56. The SMILES string of the molecule is COc1cc(C(=O)NCC2CCN(c3ccccn3)CC2)cc(OC)c1OC. The molecule has 1 fully saturated rings. The highest BCUT2D eigenvalue weighted by molar-refractivity contribution is 5.95. The minimum absolute atomic E-state index is 0.147. The average molecular weight is 385 g/mol. The zero-order valence-corrected chi connectivity index (χ0v) is 16.6. The summed E-state index contributed by atoms with van der Waals surface area (Å²) in [4.78, 5) is 19.3. The number of nitrogens with zero attached hydrogens (tertiary/aromatic N) is 2. The normalized spacial score (nSPS) is 14.5. The Labute approximate surface area is 165 Å². The van der Waals surface area contributed by atoms with E-state index in [1.54, 1.807) is 12.1 Å². The van der Waals surface area contributed by atoms with Gasteiger partial charge in [-0.05, 0) is 43.0 Å². The highest BCUT2D eigenvalue weighted by atomic mass is 16.5. The molecule has 0 aliphatic carbocycles. The summed E-state index contributed by atoms with van der Waals surface area (Å²) in [6.07, 6.45) is 3.86. The lowest BCUT2D eigenvalue weighted by molar-refractivity contribution is 0.0944. The lowest BCUT2D eigenvalue weighted by Crippen LogP contribution is -2.39. The molecule has 3 rings (SSSR count). The van der Waals surface area contributed by atoms with E-state index in [0.717, 1.165) is 31.7 Å². The summed E-state index contributed by atoms with van der Waals surface area (Å²) in [6.45, 7) is 2.54. The monoisotopic (exact) mass is 385 g/mol. The van der Waals surface area contributed by atoms with E-state index < -0.39 is 0 Å². The van der Waals surface area contributed by atoms with Crippen molar-refractivity contribution in [3.05, 3.63) is 42.1 Å². The molecule has 2 aromatic rings. The van der Waals surface area contributed by atoms with Crippen LogP contribution in [0.4, 0.5) is 5.82 Å². The molecule has 0 unspecified atom stereocenters. The Morgan fingerprint density at radius 1 is 1.11 bits per heavy atom. The minimum atomic E-state index is -0.147. The number of anilines is 1. The summed E-state index contributed by atoms with van der Waals surface area (Å²) < 4.78 is 15.9. The van der Waals surface area contributed by atoms with Crippen molar-refractivity contribution < 1.29 is 19.0 Å². The van der Waals surface area contributed by atoms with Crippen LogP contribution < -0.4 is 24.4 Å². The lowest BCUT2D eigenvalue weighted by atomic mass is 9.96. The number of hydrogen-bond acceptors (Lipinski definition) is 6. The van der Waals surface area contributed by atoms with Crippen molar-refractivity contribution in [1.29, 1.82) is 0 Å². The van der Waals surface area contributed by atoms with Crippen LogP contribution in [0.3, 0.4) is 0 Å². The highest BCUT2D eigenvalue weighted by Crippen LogP contribution is 2.38. The number of ether oxygens (including phenoxy) is 3. The fourth-order valence-corrected chi connectivity index (χ4v) is 3.46. The largest absolute Gasteiger partial charge is 0.493 e. The van der Waals surface area contributed by atoms with E-state index in [4.69, 9.17) is 14.2 Å². The molecule has 7 nitrogen and oxygen atoms in total. The molecule has 0 spiro atoms. The molecule has 1 aromatic heterocycles. The molecule has 0 saturated carbocycles. The van der Waals surface area contributed by atoms with Gasteiger partial charge in [-0.25, -0.2) is 4.98 Å². The van der Waals surface area contributed by atoms with Crippen LogP contribution in [0.5, 0.6) is 17.2 Å². The van der Waals surface area contributed by atoms with Gasteiger partial charge in [-0.2, -0.15) is 0 Å². The number of carbonyl (C=O) groups excluding carboxylic acids is 1. The van der Waals surface area contributed by atoms with Gasteiger partial charge in [0.2, 0.25) is 5.75 Å². The molecule has 0 bridgehead atoms. The third kappa shape index (κ3) is 4.47. The number of carbonyl (C=O) groups is 1. The minimum Gasteiger partial charge on any atom is -0.493 e. The Morgan fingerprint density at radius 2 is 1.79 bits per heavy atom. The number of pyridine rings is 1. The number of rotatable bonds is 7. The van der Waals surface area contributed by atoms with Gasteiger partial charge in [-0.15, -0.1) is 0 Å². The van der Waals surface area contributed by atoms with E-state index in [9.17, 15) is 4.79 Å². The van der Waals surface area contributed by atoms with Gasteiger partial charge in [0.1, 0.15) is 5.82 Å². The van der Waals surface area contributed by atoms with Gasteiger partial charge in [0.15, 0.2) is 11.5 Å². The van der Waals surface area contributed by atoms with E-state index in [1.165, 1.54) is 21.3 Å². The van der Waals surface area contributed by atoms with Crippen LogP contribution >= 0.6 is 0 Å². The number of piperidine rings is 1. The van der Waals surface area contributed by atoms with Crippen molar-refractivity contribution in [3.63, 3.8) is 0 Å². The third-order valence-electron chi connectivity index (χ3n) is 5.07. The molecule has 7 heteroatoms. The average Bonchev–Trinajstić information content (AvgIpc) is 2.77. The molecule has 28 heavy (non-hydrogen) atoms. The maximum Gasteiger partial charge on any atom is 0.251 e. The van der Waals surface area contributed by atoms with Crippen molar-refractivity contribution in [2.24, 2.45) is 5.92 Å². The molecule has 1 saturated heterocycles. The second-order valence-corrected chi connectivity index (χ2v) is 6.74. The summed E-state index contributed by atoms with van der Waals surface area (Å²) >= 11 is 0. The number of nitrogens with one attached hydrogen (secondary N) is 1. The first-order chi connectivity index (χ1) is 13.7. The first kappa shape index (κ1) is 19.8. The van der Waals surface area contributed by atoms with Crippen LogP contribution in [-0.4, -0.2) is 51.9 Å². The fourth-order valence-electron chi connectivity index (χ4n) is 3.46. The molecular formula is C21H27N3O4. The number of hydrogen-bond donors (Lipinski definition) is 1. The quantitative estimate of drug-likeness (QED) is 0.790. The van der Waals surface area contributed by atoms with Gasteiger partial charge in [0.05, 0.1) is 21.3 Å². The smallest absolute Gasteiger partial charge is 0.251 e. The van der Waals surface area contributed by atoms with E-state index in [1.807, 2.05) is 24.4 Å². The van der Waals surface area contributed by atoms with E-state index in [-0.39, 0.29) is 5.91 Å².